The van der Waals surface area contributed by atoms with E-state index in [1.165, 1.54) is 0 Å². The van der Waals surface area contributed by atoms with Gasteiger partial charge in [0.05, 0.1) is 0 Å². The quantitative estimate of drug-likeness (QED) is 0.228. The maximum Gasteiger partial charge on any atom is 0.134 e. The monoisotopic (exact) mass is 531 g/mol. The molecule has 1 aliphatic heterocycles. The smallest absolute Gasteiger partial charge is 0.134 e. The minimum absolute atomic E-state index is 0.348. The largest absolute Gasteiger partial charge is 0.196 e. The van der Waals surface area contributed by atoms with E-state index in [0.29, 0.717) is 48.0 Å². The van der Waals surface area contributed by atoms with E-state index < -0.39 is 0 Å². The van der Waals surface area contributed by atoms with Gasteiger partial charge in [0, 0.05) is 31.5 Å². The molecule has 0 atom stereocenters. The van der Waals surface area contributed by atoms with Crippen molar-refractivity contribution in [3.8, 4) is 0 Å². The van der Waals surface area contributed by atoms with Crippen molar-refractivity contribution < 1.29 is 0 Å². The summed E-state index contributed by atoms with van der Waals surface area (Å²) >= 11 is 12.4. The third kappa shape index (κ3) is 10.1. The number of hydrogen-bond acceptors (Lipinski definition) is 9. The van der Waals surface area contributed by atoms with Crippen molar-refractivity contribution in [2.45, 2.75) is 131 Å². The van der Waals surface area contributed by atoms with Crippen molar-refractivity contribution in [3.05, 3.63) is 0 Å². The Morgan fingerprint density at radius 3 is 0.700 bits per heavy atom. The molecule has 0 radical (unpaired) electrons. The molecular formula is C21H45N3S6. The summed E-state index contributed by atoms with van der Waals surface area (Å²) in [6.45, 7) is 28.0. The van der Waals surface area contributed by atoms with Gasteiger partial charge in [-0.1, -0.05) is 119 Å². The van der Waals surface area contributed by atoms with Crippen LogP contribution in [0.5, 0.6) is 0 Å². The van der Waals surface area contributed by atoms with Crippen LogP contribution in [0.15, 0.2) is 0 Å². The van der Waals surface area contributed by atoms with Crippen molar-refractivity contribution in [1.82, 2.24) is 12.9 Å². The van der Waals surface area contributed by atoms with Gasteiger partial charge >= 0.3 is 0 Å². The fourth-order valence-corrected chi connectivity index (χ4v) is 10.6. The van der Waals surface area contributed by atoms with Crippen LogP contribution in [0, 0.1) is 0 Å². The molecule has 0 aromatic heterocycles. The summed E-state index contributed by atoms with van der Waals surface area (Å²) < 4.78 is 8.13. The van der Waals surface area contributed by atoms with Crippen LogP contribution in [0.3, 0.4) is 0 Å². The third-order valence-corrected chi connectivity index (χ3v) is 11.2. The Bertz CT molecular complexity index is 355. The maximum absolute atomic E-state index is 2.71. The predicted molar refractivity (Wildman–Crippen MR) is 153 cm³/mol. The highest BCUT2D eigenvalue weighted by Gasteiger charge is 2.49. The lowest BCUT2D eigenvalue weighted by atomic mass is 10.6. The Morgan fingerprint density at radius 2 is 0.567 bits per heavy atom. The number of nitrogens with zero attached hydrogens (tertiary/aromatic N) is 3. The lowest BCUT2D eigenvalue weighted by Gasteiger charge is -2.56. The molecule has 0 aromatic rings. The summed E-state index contributed by atoms with van der Waals surface area (Å²) in [7, 11) is 0. The second-order valence-electron chi connectivity index (χ2n) is 9.08. The van der Waals surface area contributed by atoms with E-state index in [4.69, 9.17) is 0 Å². The molecule has 1 aliphatic rings. The molecule has 0 unspecified atom stereocenters. The highest BCUT2D eigenvalue weighted by Crippen LogP contribution is 2.52. The molecule has 0 aliphatic carbocycles. The minimum Gasteiger partial charge on any atom is -0.196 e. The van der Waals surface area contributed by atoms with E-state index in [1.807, 2.05) is 35.8 Å². The summed E-state index contributed by atoms with van der Waals surface area (Å²) in [5, 5.41) is 3.42. The molecule has 0 bridgehead atoms. The van der Waals surface area contributed by atoms with Crippen LogP contribution >= 0.6 is 71.1 Å². The first-order valence-corrected chi connectivity index (χ1v) is 16.5. The predicted octanol–water partition coefficient (Wildman–Crippen LogP) is 8.35. The third-order valence-electron chi connectivity index (χ3n) is 3.49. The molecule has 1 heterocycles. The van der Waals surface area contributed by atoms with E-state index >= 15 is 0 Å². The highest BCUT2D eigenvalue weighted by molar-refractivity contribution is 8.07. The first kappa shape index (κ1) is 30.0. The number of hydrogen-bond donors (Lipinski definition) is 0. The zero-order valence-electron chi connectivity index (χ0n) is 21.0. The Kier molecular flexibility index (Phi) is 14.4. The Balaban J connectivity index is 3.55. The van der Waals surface area contributed by atoms with Crippen LogP contribution in [-0.2, 0) is 0 Å². The van der Waals surface area contributed by atoms with Crippen LogP contribution in [0.1, 0.15) is 83.1 Å². The van der Waals surface area contributed by atoms with Crippen LogP contribution in [0.4, 0.5) is 0 Å². The van der Waals surface area contributed by atoms with Gasteiger partial charge in [-0.25, -0.2) is 0 Å². The molecule has 0 N–H and O–H groups in total. The molecular weight excluding hydrogens is 487 g/mol. The van der Waals surface area contributed by atoms with Crippen LogP contribution in [0.25, 0.3) is 0 Å². The van der Waals surface area contributed by atoms with Gasteiger partial charge in [0.1, 0.15) is 16.5 Å². The lowest BCUT2D eigenvalue weighted by molar-refractivity contribution is 0.0932. The van der Waals surface area contributed by atoms with Crippen LogP contribution in [-0.4, -0.2) is 60.9 Å². The first-order valence-electron chi connectivity index (χ1n) is 11.1. The fourth-order valence-electron chi connectivity index (χ4n) is 2.80. The van der Waals surface area contributed by atoms with E-state index in [0.717, 1.165) is 0 Å². The van der Waals surface area contributed by atoms with Gasteiger partial charge in [0.25, 0.3) is 0 Å². The second kappa shape index (κ2) is 14.4. The van der Waals surface area contributed by atoms with E-state index in [-0.39, 0.29) is 0 Å². The van der Waals surface area contributed by atoms with Gasteiger partial charge in [-0.15, -0.1) is 35.3 Å². The Hall–Kier alpha value is 1.98. The van der Waals surface area contributed by atoms with Gasteiger partial charge in [0.15, 0.2) is 0 Å². The van der Waals surface area contributed by atoms with Gasteiger partial charge in [0.2, 0.25) is 0 Å². The van der Waals surface area contributed by atoms with Gasteiger partial charge in [-0.05, 0) is 0 Å². The zero-order valence-corrected chi connectivity index (χ0v) is 25.9. The topological polar surface area (TPSA) is 9.72 Å². The van der Waals surface area contributed by atoms with E-state index in [9.17, 15) is 0 Å². The lowest BCUT2D eigenvalue weighted by Crippen LogP contribution is -2.63. The Labute approximate surface area is 213 Å². The first-order chi connectivity index (χ1) is 13.8. The summed E-state index contributed by atoms with van der Waals surface area (Å²) in [6.07, 6.45) is 0. The molecule has 1 fully saturated rings. The fraction of sp³-hybridized carbons (Fsp3) is 1.00. The summed E-state index contributed by atoms with van der Waals surface area (Å²) in [4.78, 5) is 0. The van der Waals surface area contributed by atoms with Crippen molar-refractivity contribution in [3.63, 3.8) is 0 Å². The number of thioether (sulfide) groups is 3. The summed E-state index contributed by atoms with van der Waals surface area (Å²) in [5.74, 6) is 0. The van der Waals surface area contributed by atoms with Crippen molar-refractivity contribution in [2.24, 2.45) is 0 Å². The minimum atomic E-state index is 0.348. The van der Waals surface area contributed by atoms with E-state index in [1.54, 1.807) is 0 Å². The van der Waals surface area contributed by atoms with Crippen molar-refractivity contribution in [2.75, 3.05) is 0 Å². The Morgan fingerprint density at radius 1 is 0.367 bits per heavy atom. The highest BCUT2D eigenvalue weighted by atomic mass is 32.2. The van der Waals surface area contributed by atoms with Crippen molar-refractivity contribution in [1.29, 1.82) is 0 Å². The maximum atomic E-state index is 2.71. The van der Waals surface area contributed by atoms with E-state index in [2.05, 4.69) is 131 Å². The average Bonchev–Trinajstić information content (AvgIpc) is 2.55. The normalized spacial score (nSPS) is 25.2. The van der Waals surface area contributed by atoms with Crippen LogP contribution in [0.2, 0.25) is 0 Å². The summed E-state index contributed by atoms with van der Waals surface area (Å²) in [6, 6.07) is 0. The molecule has 9 heteroatoms. The molecule has 1 saturated heterocycles. The van der Waals surface area contributed by atoms with Crippen molar-refractivity contribution >= 4 is 71.1 Å². The average molecular weight is 532 g/mol. The second-order valence-corrected chi connectivity index (χ2v) is 18.7. The number of rotatable bonds is 12. The molecule has 0 spiro atoms. The molecule has 0 aromatic carbocycles. The van der Waals surface area contributed by atoms with Gasteiger partial charge in [-0.3, -0.25) is 0 Å². The molecule has 180 valence electrons. The SMILES string of the molecule is CC(C)SC1N(SC(C)C)C(SC(C)C)N(SC(C)C)C(SC(C)C)N1SC(C)C. The van der Waals surface area contributed by atoms with Crippen LogP contribution < -0.4 is 0 Å². The van der Waals surface area contributed by atoms with Gasteiger partial charge in [-0.2, -0.15) is 12.9 Å². The molecule has 0 saturated carbocycles. The molecule has 1 rings (SSSR count). The zero-order chi connectivity index (χ0) is 23.2. The molecule has 0 amide bonds. The standard InChI is InChI=1S/C21H45N3S6/c1-13(2)25-19-22(28-16(7)8)20(26-14(3)4)24(30-18(11)12)21(27-15(5)6)23(19)29-17(9)10/h13-21H,1-12H3. The molecule has 3 nitrogen and oxygen atoms in total. The molecule has 30 heavy (non-hydrogen) atoms. The van der Waals surface area contributed by atoms with Gasteiger partial charge < -0.3 is 0 Å². The summed E-state index contributed by atoms with van der Waals surface area (Å²) in [5.41, 5.74) is 1.05.